The van der Waals surface area contributed by atoms with Crippen molar-refractivity contribution in [2.45, 2.75) is 32.4 Å². The zero-order valence-corrected chi connectivity index (χ0v) is 16.4. The number of likely N-dealkylation sites (N-methyl/N-ethyl adjacent to an activating group) is 1. The molecule has 0 saturated carbocycles. The van der Waals surface area contributed by atoms with E-state index < -0.39 is 0 Å². The van der Waals surface area contributed by atoms with E-state index in [1.54, 1.807) is 21.3 Å². The van der Waals surface area contributed by atoms with Crippen molar-refractivity contribution in [2.24, 2.45) is 0 Å². The molecule has 0 aliphatic carbocycles. The van der Waals surface area contributed by atoms with Crippen molar-refractivity contribution in [3.8, 4) is 17.2 Å². The van der Waals surface area contributed by atoms with Crippen molar-refractivity contribution in [1.82, 2.24) is 10.2 Å². The molecule has 1 aromatic rings. The average Bonchev–Trinajstić information content (AvgIpc) is 3.01. The Morgan fingerprint density at radius 2 is 1.79 bits per heavy atom. The smallest absolute Gasteiger partial charge is 0.203 e. The van der Waals surface area contributed by atoms with Crippen LogP contribution in [0, 0.1) is 0 Å². The minimum Gasteiger partial charge on any atom is -1.00 e. The van der Waals surface area contributed by atoms with E-state index in [1.807, 2.05) is 12.1 Å². The van der Waals surface area contributed by atoms with E-state index in [-0.39, 0.29) is 24.8 Å². The summed E-state index contributed by atoms with van der Waals surface area (Å²) < 4.78 is 16.3. The molecule has 0 amide bonds. The molecule has 1 aliphatic rings. The summed E-state index contributed by atoms with van der Waals surface area (Å²) in [5.74, 6) is 2.09. The van der Waals surface area contributed by atoms with Gasteiger partial charge in [0.1, 0.15) is 0 Å². The summed E-state index contributed by atoms with van der Waals surface area (Å²) in [5, 5.41) is 3.55. The van der Waals surface area contributed by atoms with Crippen LogP contribution in [0.15, 0.2) is 12.1 Å². The highest BCUT2D eigenvalue weighted by molar-refractivity contribution is 5.55. The number of methoxy groups -OCH3 is 3. The summed E-state index contributed by atoms with van der Waals surface area (Å²) in [6.07, 6.45) is 2.59. The molecule has 1 unspecified atom stereocenters. The number of ether oxygens (including phenoxy) is 3. The maximum absolute atomic E-state index is 5.52. The Morgan fingerprint density at radius 1 is 1.08 bits per heavy atom. The molecule has 1 saturated heterocycles. The van der Waals surface area contributed by atoms with E-state index in [0.29, 0.717) is 17.5 Å². The average molecular weight is 379 g/mol. The van der Waals surface area contributed by atoms with Crippen LogP contribution in [0.3, 0.4) is 0 Å². The summed E-state index contributed by atoms with van der Waals surface area (Å²) in [5.41, 5.74) is 1.08. The Balaban J connectivity index is 0.00000264. The molecule has 7 heteroatoms. The number of rotatable bonds is 8. The van der Waals surface area contributed by atoms with Gasteiger partial charge in [-0.15, -0.1) is 0 Å². The highest BCUT2D eigenvalue weighted by Crippen LogP contribution is 2.39. The van der Waals surface area contributed by atoms with Gasteiger partial charge in [-0.1, -0.05) is 13.0 Å². The summed E-state index contributed by atoms with van der Waals surface area (Å²) in [6.45, 7) is 6.35. The number of nitrogens with zero attached hydrogens (tertiary/aromatic N) is 1. The standard InChI is InChI=1S/C17H28N2O3.2ClH/c1-5-19-10-6-7-14(19)12-18-11-13-8-9-15(20-2)17(22-4)16(13)21-3;;/h8-9,14,18H,5-7,10-12H2,1-4H3;2*1H/p-2. The SMILES string of the molecule is CCN1CCCC1CNCc1ccc(OC)c(OC)c1OC.[Cl-].[Cl-]. The molecule has 1 N–H and O–H groups in total. The third-order valence-corrected chi connectivity index (χ3v) is 4.39. The molecule has 1 aromatic carbocycles. The second-order valence-corrected chi connectivity index (χ2v) is 5.55. The van der Waals surface area contributed by atoms with Gasteiger partial charge in [-0.2, -0.15) is 0 Å². The molecule has 1 fully saturated rings. The van der Waals surface area contributed by atoms with E-state index in [0.717, 1.165) is 30.9 Å². The van der Waals surface area contributed by atoms with Crippen LogP contribution in [0.4, 0.5) is 0 Å². The van der Waals surface area contributed by atoms with Gasteiger partial charge in [0.2, 0.25) is 5.75 Å². The van der Waals surface area contributed by atoms with Crippen LogP contribution in [0.5, 0.6) is 17.2 Å². The summed E-state index contributed by atoms with van der Waals surface area (Å²) >= 11 is 0. The summed E-state index contributed by atoms with van der Waals surface area (Å²) in [4.78, 5) is 2.54. The lowest BCUT2D eigenvalue weighted by Crippen LogP contribution is -3.00. The molecule has 0 radical (unpaired) electrons. The van der Waals surface area contributed by atoms with Crippen LogP contribution >= 0.6 is 0 Å². The molecular formula is C17H28Cl2N2O3-2. The highest BCUT2D eigenvalue weighted by Gasteiger charge is 2.22. The normalized spacial score (nSPS) is 16.9. The second kappa shape index (κ2) is 11.6. The Kier molecular flexibility index (Phi) is 11.2. The first-order valence-electron chi connectivity index (χ1n) is 7.97. The van der Waals surface area contributed by atoms with E-state index in [9.17, 15) is 0 Å². The van der Waals surface area contributed by atoms with E-state index in [1.165, 1.54) is 19.4 Å². The maximum Gasteiger partial charge on any atom is 0.203 e. The van der Waals surface area contributed by atoms with E-state index in [4.69, 9.17) is 14.2 Å². The van der Waals surface area contributed by atoms with Crippen LogP contribution in [-0.2, 0) is 6.54 Å². The Hall–Kier alpha value is -0.880. The first kappa shape index (κ1) is 23.1. The zero-order valence-electron chi connectivity index (χ0n) is 14.9. The number of benzene rings is 1. The quantitative estimate of drug-likeness (QED) is 0.504. The van der Waals surface area contributed by atoms with E-state index in [2.05, 4.69) is 17.1 Å². The molecule has 24 heavy (non-hydrogen) atoms. The van der Waals surface area contributed by atoms with Gasteiger partial charge in [0.25, 0.3) is 0 Å². The first-order valence-corrected chi connectivity index (χ1v) is 7.97. The Bertz CT molecular complexity index is 489. The molecule has 1 atom stereocenters. The lowest BCUT2D eigenvalue weighted by Gasteiger charge is -2.23. The van der Waals surface area contributed by atoms with Gasteiger partial charge in [0, 0.05) is 24.7 Å². The monoisotopic (exact) mass is 378 g/mol. The first-order chi connectivity index (χ1) is 10.7. The van der Waals surface area contributed by atoms with Gasteiger partial charge in [-0.05, 0) is 32.0 Å². The number of likely N-dealkylation sites (tertiary alicyclic amines) is 1. The van der Waals surface area contributed by atoms with Crippen LogP contribution in [0.2, 0.25) is 0 Å². The van der Waals surface area contributed by atoms with Gasteiger partial charge in [-0.25, -0.2) is 0 Å². The van der Waals surface area contributed by atoms with Crippen LogP contribution in [-0.4, -0.2) is 51.9 Å². The molecule has 0 aromatic heterocycles. The number of halogens is 2. The van der Waals surface area contributed by atoms with Gasteiger partial charge in [0.15, 0.2) is 11.5 Å². The molecule has 1 heterocycles. The fraction of sp³-hybridized carbons (Fsp3) is 0.647. The highest BCUT2D eigenvalue weighted by atomic mass is 35.5. The molecule has 140 valence electrons. The molecule has 5 nitrogen and oxygen atoms in total. The number of nitrogens with one attached hydrogen (secondary N) is 1. The van der Waals surface area contributed by atoms with Crippen molar-refractivity contribution >= 4 is 0 Å². The molecule has 1 aliphatic heterocycles. The fourth-order valence-corrected chi connectivity index (χ4v) is 3.22. The molecular weight excluding hydrogens is 351 g/mol. The van der Waals surface area contributed by atoms with Crippen molar-refractivity contribution in [3.05, 3.63) is 17.7 Å². The van der Waals surface area contributed by atoms with Crippen LogP contribution < -0.4 is 44.3 Å². The summed E-state index contributed by atoms with van der Waals surface area (Å²) in [6, 6.07) is 4.60. The minimum absolute atomic E-state index is 0. The third-order valence-electron chi connectivity index (χ3n) is 4.39. The van der Waals surface area contributed by atoms with Crippen molar-refractivity contribution in [3.63, 3.8) is 0 Å². The van der Waals surface area contributed by atoms with Gasteiger partial charge in [-0.3, -0.25) is 4.90 Å². The largest absolute Gasteiger partial charge is 1.00 e. The van der Waals surface area contributed by atoms with Gasteiger partial charge >= 0.3 is 0 Å². The lowest BCUT2D eigenvalue weighted by molar-refractivity contribution is -0.001000. The number of hydrogen-bond acceptors (Lipinski definition) is 5. The van der Waals surface area contributed by atoms with Gasteiger partial charge in [0.05, 0.1) is 21.3 Å². The van der Waals surface area contributed by atoms with Crippen molar-refractivity contribution in [2.75, 3.05) is 41.0 Å². The fourth-order valence-electron chi connectivity index (χ4n) is 3.22. The third kappa shape index (κ3) is 5.31. The Morgan fingerprint density at radius 3 is 2.38 bits per heavy atom. The van der Waals surface area contributed by atoms with Gasteiger partial charge < -0.3 is 44.3 Å². The number of hydrogen-bond donors (Lipinski definition) is 1. The van der Waals surface area contributed by atoms with E-state index >= 15 is 0 Å². The predicted molar refractivity (Wildman–Crippen MR) is 88.1 cm³/mol. The van der Waals surface area contributed by atoms with Crippen LogP contribution in [0.1, 0.15) is 25.3 Å². The Labute approximate surface area is 157 Å². The summed E-state index contributed by atoms with van der Waals surface area (Å²) in [7, 11) is 4.93. The molecule has 2 rings (SSSR count). The zero-order chi connectivity index (χ0) is 15.9. The topological polar surface area (TPSA) is 43.0 Å². The molecule has 0 spiro atoms. The van der Waals surface area contributed by atoms with Crippen molar-refractivity contribution in [1.29, 1.82) is 0 Å². The predicted octanol–water partition coefficient (Wildman–Crippen LogP) is -3.71. The molecule has 0 bridgehead atoms. The second-order valence-electron chi connectivity index (χ2n) is 5.55. The van der Waals surface area contributed by atoms with Crippen molar-refractivity contribution < 1.29 is 39.0 Å². The van der Waals surface area contributed by atoms with Crippen LogP contribution in [0.25, 0.3) is 0 Å². The minimum atomic E-state index is 0. The maximum atomic E-state index is 5.52. The lowest BCUT2D eigenvalue weighted by atomic mass is 10.1.